The average molecular weight is 446 g/mol. The van der Waals surface area contributed by atoms with Crippen molar-refractivity contribution in [1.82, 2.24) is 0 Å². The minimum absolute atomic E-state index is 0.406. The van der Waals surface area contributed by atoms with Gasteiger partial charge in [0.05, 0.1) is 9.79 Å². The van der Waals surface area contributed by atoms with E-state index >= 15 is 0 Å². The van der Waals surface area contributed by atoms with Crippen molar-refractivity contribution < 1.29 is 8.42 Å². The molecule has 0 aromatic heterocycles. The van der Waals surface area contributed by atoms with Crippen LogP contribution < -0.4 is 21.2 Å². The van der Waals surface area contributed by atoms with E-state index in [1.165, 1.54) is 10.6 Å². The van der Waals surface area contributed by atoms with Crippen LogP contribution in [0.2, 0.25) is 0 Å². The van der Waals surface area contributed by atoms with Crippen LogP contribution in [0.4, 0.5) is 0 Å². The highest BCUT2D eigenvalue weighted by molar-refractivity contribution is 7.92. The van der Waals surface area contributed by atoms with Crippen molar-refractivity contribution in [3.63, 3.8) is 0 Å². The van der Waals surface area contributed by atoms with Crippen LogP contribution in [-0.2, 0) is 9.84 Å². The summed E-state index contributed by atoms with van der Waals surface area (Å²) in [4.78, 5) is 0.896. The Labute approximate surface area is 180 Å². The second-order valence-corrected chi connectivity index (χ2v) is 12.6. The van der Waals surface area contributed by atoms with E-state index in [0.717, 1.165) is 21.7 Å². The van der Waals surface area contributed by atoms with Gasteiger partial charge in [-0.3, -0.25) is 0 Å². The van der Waals surface area contributed by atoms with Crippen LogP contribution in [0.25, 0.3) is 11.1 Å². The Morgan fingerprint density at radius 1 is 0.667 bits per heavy atom. The normalized spacial score (nSPS) is 15.1. The third-order valence-electron chi connectivity index (χ3n) is 5.42. The summed E-state index contributed by atoms with van der Waals surface area (Å²) >= 11 is 0. The standard InChI is InChI=1S/C25H20O2P2S/c1-29(19-12-6-3-7-13-19)21-15-9-17-23-25(21)24-20(28-18-10-4-2-5-11-18)14-8-16-22(24)30(23,26)27/h2-17,28H,1H3. The minimum Gasteiger partial charge on any atom is -0.218 e. The number of hydrogen-bond donors (Lipinski definition) is 0. The molecule has 2 unspecified atom stereocenters. The molecule has 1 heterocycles. The molecule has 0 N–H and O–H groups in total. The smallest absolute Gasteiger partial charge is 0.207 e. The molecule has 1 aliphatic heterocycles. The highest BCUT2D eigenvalue weighted by Crippen LogP contribution is 2.46. The molecule has 5 heteroatoms. The lowest BCUT2D eigenvalue weighted by molar-refractivity contribution is 0.599. The van der Waals surface area contributed by atoms with Gasteiger partial charge in [-0.2, -0.15) is 0 Å². The first-order valence-corrected chi connectivity index (χ1v) is 14.0. The first-order valence-electron chi connectivity index (χ1n) is 9.70. The molecule has 2 nitrogen and oxygen atoms in total. The maximum absolute atomic E-state index is 13.4. The van der Waals surface area contributed by atoms with Crippen molar-refractivity contribution in [3.05, 3.63) is 97.1 Å². The highest BCUT2D eigenvalue weighted by Gasteiger charge is 2.37. The van der Waals surface area contributed by atoms with Crippen LogP contribution in [0, 0.1) is 0 Å². The van der Waals surface area contributed by atoms with E-state index in [-0.39, 0.29) is 0 Å². The Bertz CT molecular complexity index is 1330. The molecule has 0 fully saturated rings. The third kappa shape index (κ3) is 3.22. The van der Waals surface area contributed by atoms with Gasteiger partial charge in [-0.15, -0.1) is 0 Å². The van der Waals surface area contributed by atoms with Crippen LogP contribution in [-0.4, -0.2) is 15.1 Å². The quantitative estimate of drug-likeness (QED) is 0.388. The molecule has 0 amide bonds. The minimum atomic E-state index is -3.50. The number of hydrogen-bond acceptors (Lipinski definition) is 2. The summed E-state index contributed by atoms with van der Waals surface area (Å²) in [5, 5.41) is 4.66. The maximum Gasteiger partial charge on any atom is 0.207 e. The molecule has 0 saturated heterocycles. The highest BCUT2D eigenvalue weighted by atomic mass is 32.2. The van der Waals surface area contributed by atoms with Gasteiger partial charge in [-0.05, 0) is 47.9 Å². The fraction of sp³-hybridized carbons (Fsp3) is 0.0400. The zero-order valence-corrected chi connectivity index (χ0v) is 19.1. The Kier molecular flexibility index (Phi) is 5.07. The van der Waals surface area contributed by atoms with Crippen LogP contribution in [0.1, 0.15) is 0 Å². The fourth-order valence-corrected chi connectivity index (χ4v) is 8.87. The molecule has 30 heavy (non-hydrogen) atoms. The second-order valence-electron chi connectivity index (χ2n) is 7.22. The zero-order valence-electron chi connectivity index (χ0n) is 16.4. The average Bonchev–Trinajstić information content (AvgIpc) is 3.03. The van der Waals surface area contributed by atoms with Gasteiger partial charge in [0.25, 0.3) is 0 Å². The van der Waals surface area contributed by atoms with Gasteiger partial charge >= 0.3 is 0 Å². The van der Waals surface area contributed by atoms with Gasteiger partial charge in [0.15, 0.2) is 0 Å². The lowest BCUT2D eigenvalue weighted by Crippen LogP contribution is -2.15. The zero-order chi connectivity index (χ0) is 20.7. The van der Waals surface area contributed by atoms with Crippen molar-refractivity contribution in [2.24, 2.45) is 0 Å². The second kappa shape index (κ2) is 7.75. The molecule has 2 atom stereocenters. The van der Waals surface area contributed by atoms with Crippen molar-refractivity contribution >= 4 is 47.6 Å². The van der Waals surface area contributed by atoms with Gasteiger partial charge in [0, 0.05) is 11.1 Å². The van der Waals surface area contributed by atoms with Gasteiger partial charge < -0.3 is 0 Å². The monoisotopic (exact) mass is 446 g/mol. The Balaban J connectivity index is 1.74. The lowest BCUT2D eigenvalue weighted by Gasteiger charge is -2.18. The molecule has 4 aromatic rings. The molecule has 0 aliphatic carbocycles. The van der Waals surface area contributed by atoms with E-state index in [4.69, 9.17) is 0 Å². The predicted molar refractivity (Wildman–Crippen MR) is 130 cm³/mol. The van der Waals surface area contributed by atoms with Crippen LogP contribution >= 0.6 is 16.5 Å². The Morgan fingerprint density at radius 3 is 1.97 bits per heavy atom. The van der Waals surface area contributed by atoms with Gasteiger partial charge in [0.1, 0.15) is 0 Å². The topological polar surface area (TPSA) is 34.1 Å². The molecule has 0 saturated carbocycles. The van der Waals surface area contributed by atoms with E-state index < -0.39 is 17.8 Å². The van der Waals surface area contributed by atoms with Crippen LogP contribution in [0.15, 0.2) is 107 Å². The van der Waals surface area contributed by atoms with E-state index in [1.807, 2.05) is 48.5 Å². The van der Waals surface area contributed by atoms with Crippen molar-refractivity contribution in [2.45, 2.75) is 9.79 Å². The molecular formula is C25H20O2P2S. The Hall–Kier alpha value is -2.31. The molecule has 0 spiro atoms. The summed E-state index contributed by atoms with van der Waals surface area (Å²) < 4.78 is 26.8. The molecule has 5 rings (SSSR count). The summed E-state index contributed by atoms with van der Waals surface area (Å²) in [5.74, 6) is 0. The van der Waals surface area contributed by atoms with E-state index in [2.05, 4.69) is 43.1 Å². The lowest BCUT2D eigenvalue weighted by atomic mass is 10.1. The molecular weight excluding hydrogens is 426 g/mol. The molecule has 0 bridgehead atoms. The maximum atomic E-state index is 13.4. The van der Waals surface area contributed by atoms with E-state index in [9.17, 15) is 8.42 Å². The first kappa shape index (κ1) is 19.6. The fourth-order valence-electron chi connectivity index (χ4n) is 3.98. The van der Waals surface area contributed by atoms with Crippen LogP contribution in [0.3, 0.4) is 0 Å². The summed E-state index contributed by atoms with van der Waals surface area (Å²) in [6.07, 6.45) is 0. The van der Waals surface area contributed by atoms with Crippen molar-refractivity contribution in [1.29, 1.82) is 0 Å². The summed E-state index contributed by atoms with van der Waals surface area (Å²) in [7, 11) is -3.77. The molecule has 4 aromatic carbocycles. The number of rotatable bonds is 4. The first-order chi connectivity index (χ1) is 14.6. The van der Waals surface area contributed by atoms with Crippen molar-refractivity contribution in [3.8, 4) is 11.1 Å². The van der Waals surface area contributed by atoms with Gasteiger partial charge in [0.2, 0.25) is 9.84 Å². The molecule has 1 aliphatic rings. The largest absolute Gasteiger partial charge is 0.218 e. The van der Waals surface area contributed by atoms with Crippen molar-refractivity contribution in [2.75, 3.05) is 6.66 Å². The Morgan fingerprint density at radius 2 is 1.27 bits per heavy atom. The summed E-state index contributed by atoms with van der Waals surface area (Å²) in [6.45, 7) is 2.22. The third-order valence-corrected chi connectivity index (χ3v) is 10.7. The summed E-state index contributed by atoms with van der Waals surface area (Å²) in [5.41, 5.74) is 1.81. The number of fused-ring (bicyclic) bond motifs is 3. The predicted octanol–water partition coefficient (Wildman–Crippen LogP) is 4.19. The summed E-state index contributed by atoms with van der Waals surface area (Å²) in [6, 6.07) is 32.1. The number of benzene rings is 4. The van der Waals surface area contributed by atoms with Gasteiger partial charge in [-0.25, -0.2) is 8.42 Å². The molecule has 0 radical (unpaired) electrons. The van der Waals surface area contributed by atoms with E-state index in [0.29, 0.717) is 18.4 Å². The number of sulfone groups is 1. The van der Waals surface area contributed by atoms with E-state index in [1.54, 1.807) is 12.1 Å². The van der Waals surface area contributed by atoms with Gasteiger partial charge in [-0.1, -0.05) is 93.5 Å². The molecule has 148 valence electrons. The van der Waals surface area contributed by atoms with Crippen LogP contribution in [0.5, 0.6) is 0 Å². The SMILES string of the molecule is CP(c1ccccc1)c1cccc2c1-c1c(Pc3ccccc3)cccc1S2(=O)=O.